The van der Waals surface area contributed by atoms with Crippen LogP contribution in [0.2, 0.25) is 0 Å². The molecule has 0 spiro atoms. The highest BCUT2D eigenvalue weighted by Crippen LogP contribution is 2.38. The van der Waals surface area contributed by atoms with Gasteiger partial charge in [-0.15, -0.1) is 0 Å². The van der Waals surface area contributed by atoms with Crippen LogP contribution >= 0.6 is 0 Å². The maximum absolute atomic E-state index is 12.4. The number of amides is 4. The van der Waals surface area contributed by atoms with E-state index in [1.165, 1.54) is 0 Å². The van der Waals surface area contributed by atoms with E-state index in [0.717, 1.165) is 10.5 Å². The number of carbonyl (C=O) groups excluding carboxylic acids is 4. The third-order valence-corrected chi connectivity index (χ3v) is 4.97. The van der Waals surface area contributed by atoms with E-state index in [-0.39, 0.29) is 12.5 Å². The van der Waals surface area contributed by atoms with Crippen molar-refractivity contribution in [3.05, 3.63) is 59.2 Å². The van der Waals surface area contributed by atoms with E-state index in [4.69, 9.17) is 0 Å². The maximum Gasteiger partial charge on any atom is 0.262 e. The quantitative estimate of drug-likeness (QED) is 0.817. The monoisotopic (exact) mass is 363 g/mol. The summed E-state index contributed by atoms with van der Waals surface area (Å²) in [5.74, 6) is -1.54. The van der Waals surface area contributed by atoms with E-state index in [0.29, 0.717) is 22.5 Å². The number of nitrogens with zero attached hydrogens (tertiary/aromatic N) is 1. The number of rotatable bonds is 3. The van der Waals surface area contributed by atoms with Crippen molar-refractivity contribution >= 4 is 35.0 Å². The Hall–Kier alpha value is -3.48. The van der Waals surface area contributed by atoms with Crippen molar-refractivity contribution in [2.75, 3.05) is 17.2 Å². The molecule has 27 heavy (non-hydrogen) atoms. The van der Waals surface area contributed by atoms with E-state index in [1.807, 2.05) is 0 Å². The standard InChI is InChI=1S/C20H17N3O4/c1-20(2)14-9-11(7-8-15(14)22-19(20)27)21-16(24)10-23-17(25)12-5-3-4-6-13(12)18(23)26/h3-9H,10H2,1-2H3,(H,21,24)(H,22,27). The molecular weight excluding hydrogens is 346 g/mol. The number of benzene rings is 2. The molecule has 0 unspecified atom stereocenters. The molecule has 0 radical (unpaired) electrons. The molecule has 0 atom stereocenters. The summed E-state index contributed by atoms with van der Waals surface area (Å²) in [5.41, 5.74) is 1.91. The van der Waals surface area contributed by atoms with Gasteiger partial charge in [0.25, 0.3) is 11.8 Å². The van der Waals surface area contributed by atoms with Gasteiger partial charge >= 0.3 is 0 Å². The average Bonchev–Trinajstić information content (AvgIpc) is 3.01. The molecule has 0 aliphatic carbocycles. The molecule has 0 saturated carbocycles. The number of imide groups is 1. The maximum atomic E-state index is 12.4. The van der Waals surface area contributed by atoms with Crippen molar-refractivity contribution in [2.24, 2.45) is 0 Å². The Morgan fingerprint density at radius 3 is 2.30 bits per heavy atom. The van der Waals surface area contributed by atoms with Gasteiger partial charge in [-0.1, -0.05) is 12.1 Å². The molecule has 4 rings (SSSR count). The zero-order valence-electron chi connectivity index (χ0n) is 14.8. The fourth-order valence-electron chi connectivity index (χ4n) is 3.38. The smallest absolute Gasteiger partial charge is 0.262 e. The molecule has 2 aromatic rings. The molecule has 7 nitrogen and oxygen atoms in total. The van der Waals surface area contributed by atoms with Gasteiger partial charge in [-0.25, -0.2) is 0 Å². The highest BCUT2D eigenvalue weighted by atomic mass is 16.2. The first-order chi connectivity index (χ1) is 12.8. The van der Waals surface area contributed by atoms with Crippen LogP contribution in [0.25, 0.3) is 0 Å². The lowest BCUT2D eigenvalue weighted by atomic mass is 9.86. The zero-order valence-corrected chi connectivity index (χ0v) is 14.8. The SMILES string of the molecule is CC1(C)C(=O)Nc2ccc(NC(=O)CN3C(=O)c4ccccc4C3=O)cc21. The van der Waals surface area contributed by atoms with Gasteiger partial charge in [0.2, 0.25) is 11.8 Å². The Labute approximate surface area is 155 Å². The van der Waals surface area contributed by atoms with Crippen molar-refractivity contribution < 1.29 is 19.2 Å². The fourth-order valence-corrected chi connectivity index (χ4v) is 3.38. The van der Waals surface area contributed by atoms with Crippen LogP contribution in [-0.4, -0.2) is 35.1 Å². The van der Waals surface area contributed by atoms with Crippen LogP contribution in [-0.2, 0) is 15.0 Å². The summed E-state index contributed by atoms with van der Waals surface area (Å²) in [6, 6.07) is 11.6. The summed E-state index contributed by atoms with van der Waals surface area (Å²) >= 11 is 0. The predicted octanol–water partition coefficient (Wildman–Crippen LogP) is 2.15. The molecule has 2 aromatic carbocycles. The first kappa shape index (κ1) is 17.0. The van der Waals surface area contributed by atoms with Crippen molar-refractivity contribution in [3.8, 4) is 0 Å². The normalized spacial score (nSPS) is 16.8. The molecule has 0 saturated heterocycles. The third kappa shape index (κ3) is 2.59. The van der Waals surface area contributed by atoms with Crippen molar-refractivity contribution in [1.29, 1.82) is 0 Å². The van der Waals surface area contributed by atoms with Gasteiger partial charge in [-0.3, -0.25) is 24.1 Å². The van der Waals surface area contributed by atoms with Gasteiger partial charge in [-0.05, 0) is 49.7 Å². The third-order valence-electron chi connectivity index (χ3n) is 4.97. The molecule has 2 heterocycles. The number of hydrogen-bond acceptors (Lipinski definition) is 4. The van der Waals surface area contributed by atoms with E-state index in [2.05, 4.69) is 10.6 Å². The molecule has 7 heteroatoms. The van der Waals surface area contributed by atoms with Crippen molar-refractivity contribution in [1.82, 2.24) is 4.90 Å². The number of nitrogens with one attached hydrogen (secondary N) is 2. The molecule has 2 aliphatic rings. The lowest BCUT2D eigenvalue weighted by molar-refractivity contribution is -0.119. The minimum Gasteiger partial charge on any atom is -0.325 e. The Bertz CT molecular complexity index is 991. The predicted molar refractivity (Wildman–Crippen MR) is 98.5 cm³/mol. The molecule has 136 valence electrons. The number of fused-ring (bicyclic) bond motifs is 2. The topological polar surface area (TPSA) is 95.6 Å². The summed E-state index contributed by atoms with van der Waals surface area (Å²) in [6.45, 7) is 3.24. The molecular formula is C20H17N3O4. The van der Waals surface area contributed by atoms with Crippen molar-refractivity contribution in [3.63, 3.8) is 0 Å². The van der Waals surface area contributed by atoms with E-state index in [1.54, 1.807) is 56.3 Å². The second-order valence-electron chi connectivity index (χ2n) is 7.13. The van der Waals surface area contributed by atoms with Gasteiger partial charge in [0, 0.05) is 11.4 Å². The van der Waals surface area contributed by atoms with Crippen LogP contribution in [0.4, 0.5) is 11.4 Å². The fraction of sp³-hybridized carbons (Fsp3) is 0.200. The minimum absolute atomic E-state index is 0.105. The number of anilines is 2. The van der Waals surface area contributed by atoms with Gasteiger partial charge in [0.15, 0.2) is 0 Å². The van der Waals surface area contributed by atoms with Crippen molar-refractivity contribution in [2.45, 2.75) is 19.3 Å². The first-order valence-electron chi connectivity index (χ1n) is 8.50. The van der Waals surface area contributed by atoms with E-state index < -0.39 is 23.1 Å². The molecule has 0 aromatic heterocycles. The van der Waals surface area contributed by atoms with Gasteiger partial charge in [0.05, 0.1) is 16.5 Å². The Morgan fingerprint density at radius 1 is 1.04 bits per heavy atom. The first-order valence-corrected chi connectivity index (χ1v) is 8.50. The highest BCUT2D eigenvalue weighted by Gasteiger charge is 2.39. The summed E-state index contributed by atoms with van der Waals surface area (Å²) in [6.07, 6.45) is 0. The van der Waals surface area contributed by atoms with Gasteiger partial charge in [-0.2, -0.15) is 0 Å². The van der Waals surface area contributed by atoms with Crippen LogP contribution in [0, 0.1) is 0 Å². The van der Waals surface area contributed by atoms with Crippen LogP contribution in [0.15, 0.2) is 42.5 Å². The van der Waals surface area contributed by atoms with Crippen LogP contribution in [0.3, 0.4) is 0 Å². The van der Waals surface area contributed by atoms with Gasteiger partial charge in [0.1, 0.15) is 6.54 Å². The van der Waals surface area contributed by atoms with Crippen LogP contribution in [0.1, 0.15) is 40.1 Å². The molecule has 0 fully saturated rings. The summed E-state index contributed by atoms with van der Waals surface area (Å²) in [4.78, 5) is 50.0. The van der Waals surface area contributed by atoms with Crippen LogP contribution < -0.4 is 10.6 Å². The number of hydrogen-bond donors (Lipinski definition) is 2. The average molecular weight is 363 g/mol. The van der Waals surface area contributed by atoms with E-state index >= 15 is 0 Å². The zero-order chi connectivity index (χ0) is 19.3. The lowest BCUT2D eigenvalue weighted by Crippen LogP contribution is -2.37. The number of carbonyl (C=O) groups is 4. The Morgan fingerprint density at radius 2 is 1.67 bits per heavy atom. The molecule has 4 amide bonds. The van der Waals surface area contributed by atoms with Gasteiger partial charge < -0.3 is 10.6 Å². The molecule has 2 N–H and O–H groups in total. The summed E-state index contributed by atoms with van der Waals surface area (Å²) < 4.78 is 0. The Balaban J connectivity index is 1.50. The largest absolute Gasteiger partial charge is 0.325 e. The lowest BCUT2D eigenvalue weighted by Gasteiger charge is -2.17. The summed E-state index contributed by atoms with van der Waals surface area (Å²) in [7, 11) is 0. The summed E-state index contributed by atoms with van der Waals surface area (Å²) in [5, 5.41) is 5.49. The second-order valence-corrected chi connectivity index (χ2v) is 7.13. The van der Waals surface area contributed by atoms with E-state index in [9.17, 15) is 19.2 Å². The van der Waals surface area contributed by atoms with Crippen LogP contribution in [0.5, 0.6) is 0 Å². The molecule has 0 bridgehead atoms. The Kier molecular flexibility index (Phi) is 3.62. The second kappa shape index (κ2) is 5.77. The molecule has 2 aliphatic heterocycles. The highest BCUT2D eigenvalue weighted by molar-refractivity contribution is 6.22. The minimum atomic E-state index is -0.696.